The highest BCUT2D eigenvalue weighted by Gasteiger charge is 2.73. The van der Waals surface area contributed by atoms with Crippen molar-refractivity contribution >= 4 is 5.78 Å². The van der Waals surface area contributed by atoms with Gasteiger partial charge in [0.1, 0.15) is 11.5 Å². The minimum absolute atomic E-state index is 0.208. The Morgan fingerprint density at radius 1 is 1.03 bits per heavy atom. The Hall–Kier alpha value is -3.11. The van der Waals surface area contributed by atoms with Crippen molar-refractivity contribution in [3.63, 3.8) is 0 Å². The number of benzene rings is 3. The predicted molar refractivity (Wildman–Crippen MR) is 114 cm³/mol. The first-order valence-electron chi connectivity index (χ1n) is 10.2. The molecule has 30 heavy (non-hydrogen) atoms. The number of carbonyl (C=O) groups is 1. The van der Waals surface area contributed by atoms with E-state index >= 15 is 0 Å². The standard InChI is InChI=1S/C26H24O4/c1-16-13-17(2)24-22(14-16)30-26(19-9-11-20(29-3)12-10-19)21(15-23(27)25(24,26)28)18-7-5-4-6-8-18/h4-14,21,28H,15H2,1-3H3/t21-,25-,26+/m1/s1. The molecular formula is C26H24O4. The number of aryl methyl sites for hydroxylation is 2. The molecule has 1 aliphatic carbocycles. The van der Waals surface area contributed by atoms with Gasteiger partial charge in [0.25, 0.3) is 0 Å². The first-order valence-corrected chi connectivity index (χ1v) is 10.2. The molecule has 0 saturated heterocycles. The van der Waals surface area contributed by atoms with Crippen LogP contribution in [0.2, 0.25) is 0 Å². The van der Waals surface area contributed by atoms with Crippen molar-refractivity contribution in [1.29, 1.82) is 0 Å². The van der Waals surface area contributed by atoms with Gasteiger partial charge in [-0.3, -0.25) is 4.79 Å². The van der Waals surface area contributed by atoms with E-state index in [0.717, 1.165) is 22.3 Å². The number of carbonyl (C=O) groups excluding carboxylic acids is 1. The van der Waals surface area contributed by atoms with E-state index in [9.17, 15) is 9.90 Å². The van der Waals surface area contributed by atoms with Gasteiger partial charge in [-0.25, -0.2) is 0 Å². The van der Waals surface area contributed by atoms with Gasteiger partial charge >= 0.3 is 0 Å². The molecule has 152 valence electrons. The van der Waals surface area contributed by atoms with Crippen molar-refractivity contribution in [2.24, 2.45) is 0 Å². The molecule has 1 N–H and O–H groups in total. The molecule has 4 heteroatoms. The fourth-order valence-corrected chi connectivity index (χ4v) is 5.40. The van der Waals surface area contributed by atoms with Crippen molar-refractivity contribution in [1.82, 2.24) is 0 Å². The summed E-state index contributed by atoms with van der Waals surface area (Å²) in [6.45, 7) is 3.92. The molecule has 5 rings (SSSR count). The highest BCUT2D eigenvalue weighted by atomic mass is 16.5. The number of fused-ring (bicyclic) bond motifs is 3. The van der Waals surface area contributed by atoms with Crippen LogP contribution in [0.15, 0.2) is 66.7 Å². The summed E-state index contributed by atoms with van der Waals surface area (Å²) in [7, 11) is 1.61. The molecule has 0 radical (unpaired) electrons. The molecule has 1 heterocycles. The summed E-state index contributed by atoms with van der Waals surface area (Å²) in [5.74, 6) is 0.760. The fourth-order valence-electron chi connectivity index (χ4n) is 5.40. The lowest BCUT2D eigenvalue weighted by atomic mass is 9.71. The van der Waals surface area contributed by atoms with E-state index in [1.54, 1.807) is 7.11 Å². The average Bonchev–Trinajstić information content (AvgIpc) is 3.14. The summed E-state index contributed by atoms with van der Waals surface area (Å²) in [4.78, 5) is 13.5. The molecule has 1 saturated carbocycles. The summed E-state index contributed by atoms with van der Waals surface area (Å²) in [5.41, 5.74) is 1.23. The van der Waals surface area contributed by atoms with E-state index in [1.807, 2.05) is 80.6 Å². The number of methoxy groups -OCH3 is 1. The molecule has 0 amide bonds. The van der Waals surface area contributed by atoms with E-state index in [4.69, 9.17) is 9.47 Å². The topological polar surface area (TPSA) is 55.8 Å². The number of ketones is 1. The van der Waals surface area contributed by atoms with Crippen LogP contribution in [0.25, 0.3) is 0 Å². The van der Waals surface area contributed by atoms with Gasteiger partial charge < -0.3 is 14.6 Å². The molecule has 0 unspecified atom stereocenters. The SMILES string of the molecule is COc1ccc([C@@]23Oc4cc(C)cc(C)c4[C@]2(O)C(=O)C[C@@H]3c2ccccc2)cc1. The van der Waals surface area contributed by atoms with Gasteiger partial charge in [-0.2, -0.15) is 0 Å². The van der Waals surface area contributed by atoms with Crippen molar-refractivity contribution in [3.8, 4) is 11.5 Å². The number of hydrogen-bond donors (Lipinski definition) is 1. The average molecular weight is 400 g/mol. The molecule has 3 aromatic rings. The number of Topliss-reactive ketones (excluding diaryl/α,β-unsaturated/α-hetero) is 1. The molecule has 3 aromatic carbocycles. The third-order valence-electron chi connectivity index (χ3n) is 6.62. The van der Waals surface area contributed by atoms with Crippen LogP contribution >= 0.6 is 0 Å². The van der Waals surface area contributed by atoms with Crippen molar-refractivity contribution in [2.75, 3.05) is 7.11 Å². The minimum atomic E-state index is -1.75. The molecule has 0 bridgehead atoms. The third-order valence-corrected chi connectivity index (χ3v) is 6.62. The first-order chi connectivity index (χ1) is 14.4. The molecule has 3 atom stereocenters. The Kier molecular flexibility index (Phi) is 4.06. The van der Waals surface area contributed by atoms with Crippen LogP contribution in [0.5, 0.6) is 11.5 Å². The molecule has 1 fully saturated rings. The zero-order chi connectivity index (χ0) is 21.1. The molecule has 0 spiro atoms. The van der Waals surface area contributed by atoms with E-state index in [0.29, 0.717) is 17.1 Å². The predicted octanol–water partition coefficient (Wildman–Crippen LogP) is 4.54. The highest BCUT2D eigenvalue weighted by Crippen LogP contribution is 2.65. The van der Waals surface area contributed by atoms with Crippen LogP contribution in [-0.4, -0.2) is 18.0 Å². The third kappa shape index (κ3) is 2.28. The Balaban J connectivity index is 1.82. The molecule has 4 nitrogen and oxygen atoms in total. The van der Waals surface area contributed by atoms with Gasteiger partial charge in [-0.15, -0.1) is 0 Å². The maximum atomic E-state index is 13.5. The Bertz CT molecular complexity index is 1140. The second-order valence-electron chi connectivity index (χ2n) is 8.32. The molecular weight excluding hydrogens is 376 g/mol. The van der Waals surface area contributed by atoms with Gasteiger partial charge in [0.2, 0.25) is 0 Å². The summed E-state index contributed by atoms with van der Waals surface area (Å²) < 4.78 is 12.0. The van der Waals surface area contributed by atoms with E-state index in [-0.39, 0.29) is 18.1 Å². The quantitative estimate of drug-likeness (QED) is 0.701. The lowest BCUT2D eigenvalue weighted by molar-refractivity contribution is -0.151. The van der Waals surface area contributed by atoms with E-state index in [2.05, 4.69) is 0 Å². The van der Waals surface area contributed by atoms with Crippen molar-refractivity contribution < 1.29 is 19.4 Å². The lowest BCUT2D eigenvalue weighted by Gasteiger charge is -2.39. The summed E-state index contributed by atoms with van der Waals surface area (Å²) >= 11 is 0. The van der Waals surface area contributed by atoms with Gasteiger partial charge in [-0.05, 0) is 48.7 Å². The first kappa shape index (κ1) is 18.9. The van der Waals surface area contributed by atoms with Crippen LogP contribution in [0.3, 0.4) is 0 Å². The van der Waals surface area contributed by atoms with E-state index < -0.39 is 11.2 Å². The number of ether oxygens (including phenoxy) is 2. The van der Waals surface area contributed by atoms with Crippen LogP contribution < -0.4 is 9.47 Å². The summed E-state index contributed by atoms with van der Waals surface area (Å²) in [6.07, 6.45) is 0.208. The van der Waals surface area contributed by atoms with Crippen molar-refractivity contribution in [2.45, 2.75) is 37.4 Å². The summed E-state index contributed by atoms with van der Waals surface area (Å²) in [5, 5.41) is 12.2. The maximum Gasteiger partial charge on any atom is 0.196 e. The van der Waals surface area contributed by atoms with E-state index in [1.165, 1.54) is 0 Å². The number of rotatable bonds is 3. The van der Waals surface area contributed by atoms with Gasteiger partial charge in [0.15, 0.2) is 17.0 Å². The largest absolute Gasteiger partial charge is 0.497 e. The number of hydrogen-bond acceptors (Lipinski definition) is 4. The van der Waals surface area contributed by atoms with Crippen LogP contribution in [0.4, 0.5) is 0 Å². The molecule has 2 aliphatic rings. The minimum Gasteiger partial charge on any atom is -0.497 e. The Morgan fingerprint density at radius 2 is 1.73 bits per heavy atom. The monoisotopic (exact) mass is 400 g/mol. The molecule has 0 aromatic heterocycles. The maximum absolute atomic E-state index is 13.5. The zero-order valence-corrected chi connectivity index (χ0v) is 17.3. The smallest absolute Gasteiger partial charge is 0.196 e. The van der Waals surface area contributed by atoms with Crippen LogP contribution in [-0.2, 0) is 16.0 Å². The zero-order valence-electron chi connectivity index (χ0n) is 17.3. The second-order valence-corrected chi connectivity index (χ2v) is 8.32. The highest BCUT2D eigenvalue weighted by molar-refractivity contribution is 5.96. The normalized spacial score (nSPS) is 26.8. The Morgan fingerprint density at radius 3 is 2.40 bits per heavy atom. The van der Waals surface area contributed by atoms with Crippen LogP contribution in [0, 0.1) is 13.8 Å². The van der Waals surface area contributed by atoms with Gasteiger partial charge in [0, 0.05) is 23.5 Å². The summed E-state index contributed by atoms with van der Waals surface area (Å²) in [6, 6.07) is 21.3. The van der Waals surface area contributed by atoms with Gasteiger partial charge in [-0.1, -0.05) is 48.5 Å². The lowest BCUT2D eigenvalue weighted by Crippen LogP contribution is -2.50. The van der Waals surface area contributed by atoms with Gasteiger partial charge in [0.05, 0.1) is 7.11 Å². The fraction of sp³-hybridized carbons (Fsp3) is 0.269. The number of aliphatic hydroxyl groups is 1. The molecule has 1 aliphatic heterocycles. The van der Waals surface area contributed by atoms with Crippen molar-refractivity contribution in [3.05, 3.63) is 94.5 Å². The van der Waals surface area contributed by atoms with Crippen LogP contribution in [0.1, 0.15) is 40.2 Å². The Labute approximate surface area is 176 Å². The second kappa shape index (κ2) is 6.44.